The van der Waals surface area contributed by atoms with Crippen molar-refractivity contribution in [3.8, 4) is 0 Å². The fourth-order valence-electron chi connectivity index (χ4n) is 1.53. The molecule has 18 heavy (non-hydrogen) atoms. The molecule has 94 valence electrons. The van der Waals surface area contributed by atoms with Gasteiger partial charge in [-0.15, -0.1) is 0 Å². The molecule has 1 fully saturated rings. The van der Waals surface area contributed by atoms with Gasteiger partial charge in [0.15, 0.2) is 0 Å². The molecule has 2 rings (SSSR count). The van der Waals surface area contributed by atoms with E-state index in [0.29, 0.717) is 15.8 Å². The van der Waals surface area contributed by atoms with Crippen LogP contribution in [0.5, 0.6) is 0 Å². The van der Waals surface area contributed by atoms with E-state index in [-0.39, 0.29) is 11.5 Å². The largest absolute Gasteiger partial charge is 0.293 e. The van der Waals surface area contributed by atoms with Gasteiger partial charge in [-0.3, -0.25) is 9.69 Å². The van der Waals surface area contributed by atoms with Gasteiger partial charge in [-0.1, -0.05) is 24.0 Å². The van der Waals surface area contributed by atoms with E-state index < -0.39 is 11.6 Å². The average Bonchev–Trinajstić information content (AvgIpc) is 2.58. The number of hydrogen-bond donors (Lipinski definition) is 0. The lowest BCUT2D eigenvalue weighted by Crippen LogP contribution is -2.27. The Morgan fingerprint density at radius 2 is 2.17 bits per heavy atom. The molecule has 1 aromatic rings. The number of rotatable bonds is 2. The Morgan fingerprint density at radius 1 is 1.44 bits per heavy atom. The predicted molar refractivity (Wildman–Crippen MR) is 71.9 cm³/mol. The minimum atomic E-state index is -0.697. The van der Waals surface area contributed by atoms with Gasteiger partial charge in [-0.2, -0.15) is 0 Å². The molecule has 0 atom stereocenters. The average molecular weight is 285 g/mol. The lowest BCUT2D eigenvalue weighted by Gasteiger charge is -2.09. The zero-order chi connectivity index (χ0) is 13.3. The van der Waals surface area contributed by atoms with Crippen LogP contribution in [0.1, 0.15) is 12.5 Å². The topological polar surface area (TPSA) is 20.3 Å². The lowest BCUT2D eigenvalue weighted by molar-refractivity contribution is -0.121. The third-order valence-electron chi connectivity index (χ3n) is 2.44. The van der Waals surface area contributed by atoms with E-state index in [1.807, 2.05) is 6.92 Å². The summed E-state index contributed by atoms with van der Waals surface area (Å²) in [6, 6.07) is 3.23. The smallest absolute Gasteiger partial charge is 0.266 e. The van der Waals surface area contributed by atoms with Gasteiger partial charge in [0.25, 0.3) is 5.91 Å². The maximum atomic E-state index is 13.5. The van der Waals surface area contributed by atoms with Crippen LogP contribution in [0.4, 0.5) is 8.78 Å². The summed E-state index contributed by atoms with van der Waals surface area (Å²) in [7, 11) is 0. The minimum Gasteiger partial charge on any atom is -0.293 e. The van der Waals surface area contributed by atoms with Gasteiger partial charge in [0.1, 0.15) is 16.0 Å². The molecular formula is C12H9F2NOS2. The van der Waals surface area contributed by atoms with Gasteiger partial charge in [0, 0.05) is 18.2 Å². The van der Waals surface area contributed by atoms with E-state index in [1.165, 1.54) is 17.0 Å². The van der Waals surface area contributed by atoms with E-state index in [1.54, 1.807) is 0 Å². The fourth-order valence-corrected chi connectivity index (χ4v) is 2.91. The molecule has 1 aromatic carbocycles. The second-order valence-electron chi connectivity index (χ2n) is 3.59. The molecule has 0 saturated carbocycles. The summed E-state index contributed by atoms with van der Waals surface area (Å²) in [4.78, 5) is 13.7. The van der Waals surface area contributed by atoms with Crippen LogP contribution in [-0.4, -0.2) is 21.7 Å². The van der Waals surface area contributed by atoms with Gasteiger partial charge < -0.3 is 0 Å². The number of likely N-dealkylation sites (N-methyl/N-ethyl adjacent to an activating group) is 1. The summed E-state index contributed by atoms with van der Waals surface area (Å²) in [6.45, 7) is 2.29. The fraction of sp³-hybridized carbons (Fsp3) is 0.167. The molecule has 0 bridgehead atoms. The minimum absolute atomic E-state index is 0.174. The third kappa shape index (κ3) is 2.44. The summed E-state index contributed by atoms with van der Waals surface area (Å²) in [5, 5.41) is 0. The van der Waals surface area contributed by atoms with Gasteiger partial charge in [0.05, 0.1) is 4.91 Å². The van der Waals surface area contributed by atoms with E-state index in [0.717, 1.165) is 23.9 Å². The van der Waals surface area contributed by atoms with Crippen LogP contribution in [0.2, 0.25) is 0 Å². The normalized spacial score (nSPS) is 17.9. The maximum absolute atomic E-state index is 13.5. The van der Waals surface area contributed by atoms with Gasteiger partial charge in [-0.25, -0.2) is 8.78 Å². The van der Waals surface area contributed by atoms with Crippen LogP contribution in [0.25, 0.3) is 6.08 Å². The van der Waals surface area contributed by atoms with Crippen molar-refractivity contribution in [1.29, 1.82) is 0 Å². The monoisotopic (exact) mass is 285 g/mol. The highest BCUT2D eigenvalue weighted by molar-refractivity contribution is 8.26. The molecule has 0 unspecified atom stereocenters. The first-order chi connectivity index (χ1) is 8.52. The number of halogens is 2. The van der Waals surface area contributed by atoms with Crippen molar-refractivity contribution in [1.82, 2.24) is 4.90 Å². The third-order valence-corrected chi connectivity index (χ3v) is 3.82. The zero-order valence-corrected chi connectivity index (χ0v) is 11.1. The van der Waals surface area contributed by atoms with Crippen molar-refractivity contribution < 1.29 is 13.6 Å². The van der Waals surface area contributed by atoms with Gasteiger partial charge in [-0.05, 0) is 25.1 Å². The van der Waals surface area contributed by atoms with Crippen LogP contribution in [0.3, 0.4) is 0 Å². The molecule has 2 nitrogen and oxygen atoms in total. The number of carbonyl (C=O) groups excluding carboxylic acids is 1. The molecule has 0 radical (unpaired) electrons. The second-order valence-corrected chi connectivity index (χ2v) is 5.27. The number of carbonyl (C=O) groups is 1. The van der Waals surface area contributed by atoms with Gasteiger partial charge in [0.2, 0.25) is 0 Å². The van der Waals surface area contributed by atoms with Crippen molar-refractivity contribution in [3.63, 3.8) is 0 Å². The van der Waals surface area contributed by atoms with Crippen LogP contribution < -0.4 is 0 Å². The number of benzene rings is 1. The number of nitrogens with zero attached hydrogens (tertiary/aromatic N) is 1. The quantitative estimate of drug-likeness (QED) is 0.615. The van der Waals surface area contributed by atoms with Crippen molar-refractivity contribution in [2.45, 2.75) is 6.92 Å². The molecule has 1 amide bonds. The Hall–Kier alpha value is -1.27. The van der Waals surface area contributed by atoms with Crippen LogP contribution in [0, 0.1) is 11.6 Å². The number of thiocarbonyl (C=S) groups is 1. The molecule has 0 aromatic heterocycles. The number of thioether (sulfide) groups is 1. The predicted octanol–water partition coefficient (Wildman–Crippen LogP) is 3.19. The molecule has 0 spiro atoms. The van der Waals surface area contributed by atoms with E-state index in [2.05, 4.69) is 0 Å². The Kier molecular flexibility index (Phi) is 3.77. The highest BCUT2D eigenvalue weighted by Crippen LogP contribution is 2.32. The Balaban J connectivity index is 2.35. The lowest BCUT2D eigenvalue weighted by atomic mass is 10.2. The molecule has 0 aliphatic carbocycles. The van der Waals surface area contributed by atoms with E-state index >= 15 is 0 Å². The molecule has 1 saturated heterocycles. The van der Waals surface area contributed by atoms with Crippen molar-refractivity contribution in [2.75, 3.05) is 6.54 Å². The van der Waals surface area contributed by atoms with Crippen molar-refractivity contribution in [3.05, 3.63) is 40.3 Å². The highest BCUT2D eigenvalue weighted by Gasteiger charge is 2.30. The summed E-state index contributed by atoms with van der Waals surface area (Å²) in [6.07, 6.45) is 1.39. The molecular weight excluding hydrogens is 276 g/mol. The van der Waals surface area contributed by atoms with Crippen LogP contribution in [0.15, 0.2) is 23.1 Å². The maximum Gasteiger partial charge on any atom is 0.266 e. The van der Waals surface area contributed by atoms with Gasteiger partial charge >= 0.3 is 0 Å². The Labute approximate surface area is 113 Å². The van der Waals surface area contributed by atoms with Crippen LogP contribution in [-0.2, 0) is 4.79 Å². The molecule has 1 aliphatic rings. The van der Waals surface area contributed by atoms with E-state index in [4.69, 9.17) is 12.2 Å². The molecule has 1 aliphatic heterocycles. The van der Waals surface area contributed by atoms with E-state index in [9.17, 15) is 13.6 Å². The summed E-state index contributed by atoms with van der Waals surface area (Å²) in [5.74, 6) is -1.58. The first kappa shape index (κ1) is 13.2. The number of hydrogen-bond acceptors (Lipinski definition) is 3. The van der Waals surface area contributed by atoms with Crippen LogP contribution >= 0.6 is 24.0 Å². The molecule has 6 heteroatoms. The van der Waals surface area contributed by atoms with Crippen molar-refractivity contribution in [2.24, 2.45) is 0 Å². The summed E-state index contributed by atoms with van der Waals surface area (Å²) >= 11 is 6.16. The highest BCUT2D eigenvalue weighted by atomic mass is 32.2. The first-order valence-electron chi connectivity index (χ1n) is 5.23. The SMILES string of the molecule is CCN1C(=O)C(=Cc2ccc(F)cc2F)SC1=S. The Bertz CT molecular complexity index is 557. The molecule has 1 heterocycles. The Morgan fingerprint density at radius 3 is 2.72 bits per heavy atom. The standard InChI is InChI=1S/C12H9F2NOS2/c1-2-15-11(16)10(18-12(15)17)5-7-3-4-8(13)6-9(7)14/h3-6H,2H2,1H3. The number of amides is 1. The summed E-state index contributed by atoms with van der Waals surface area (Å²) in [5.41, 5.74) is 0.174. The second kappa shape index (κ2) is 5.16. The zero-order valence-electron chi connectivity index (χ0n) is 9.44. The van der Waals surface area contributed by atoms with Crippen molar-refractivity contribution >= 4 is 40.3 Å². The summed E-state index contributed by atoms with van der Waals surface area (Å²) < 4.78 is 26.7. The molecule has 0 N–H and O–H groups in total. The first-order valence-corrected chi connectivity index (χ1v) is 6.46.